The second-order valence-electron chi connectivity index (χ2n) is 2.51. The zero-order valence-electron chi connectivity index (χ0n) is 6.43. The summed E-state index contributed by atoms with van der Waals surface area (Å²) in [5, 5.41) is 5.69. The minimum absolute atomic E-state index is 0.254. The fourth-order valence-electron chi connectivity index (χ4n) is 1.09. The summed E-state index contributed by atoms with van der Waals surface area (Å²) in [4.78, 5) is 9.75. The normalized spacial score (nSPS) is 24.5. The number of morpholine rings is 1. The Morgan fingerprint density at radius 3 is 3.27 bits per heavy atom. The molecular formula is C7H13N2O2. The van der Waals surface area contributed by atoms with Crippen molar-refractivity contribution in [3.05, 3.63) is 0 Å². The zero-order valence-corrected chi connectivity index (χ0v) is 6.43. The molecule has 1 atom stereocenters. The van der Waals surface area contributed by atoms with Gasteiger partial charge in [0, 0.05) is 19.6 Å². The molecule has 0 aromatic heterocycles. The van der Waals surface area contributed by atoms with Crippen LogP contribution in [0.5, 0.6) is 0 Å². The lowest BCUT2D eigenvalue weighted by Gasteiger charge is -2.23. The highest BCUT2D eigenvalue weighted by Crippen LogP contribution is 1.99. The predicted molar refractivity (Wildman–Crippen MR) is 40.9 cm³/mol. The first-order valence-electron chi connectivity index (χ1n) is 3.86. The molecule has 1 unspecified atom stereocenters. The largest absolute Gasteiger partial charge is 0.376 e. The number of ether oxygens (including phenoxy) is 1. The third kappa shape index (κ3) is 3.34. The second-order valence-corrected chi connectivity index (χ2v) is 2.51. The summed E-state index contributed by atoms with van der Waals surface area (Å²) < 4.78 is 5.39. The van der Waals surface area contributed by atoms with E-state index in [-0.39, 0.29) is 6.10 Å². The molecule has 0 aliphatic carbocycles. The van der Waals surface area contributed by atoms with Crippen molar-refractivity contribution >= 4 is 6.41 Å². The lowest BCUT2D eigenvalue weighted by Crippen LogP contribution is -2.39. The van der Waals surface area contributed by atoms with Crippen LogP contribution in [0.3, 0.4) is 0 Å². The van der Waals surface area contributed by atoms with Gasteiger partial charge in [0.1, 0.15) is 0 Å². The molecule has 2 N–H and O–H groups in total. The van der Waals surface area contributed by atoms with E-state index in [0.29, 0.717) is 6.54 Å². The van der Waals surface area contributed by atoms with Gasteiger partial charge in [0.05, 0.1) is 12.7 Å². The van der Waals surface area contributed by atoms with Crippen molar-refractivity contribution in [2.75, 3.05) is 26.2 Å². The Morgan fingerprint density at radius 1 is 1.73 bits per heavy atom. The molecule has 0 aromatic carbocycles. The number of rotatable bonds is 4. The molecule has 0 spiro atoms. The molecular weight excluding hydrogens is 144 g/mol. The van der Waals surface area contributed by atoms with Gasteiger partial charge in [0.2, 0.25) is 0 Å². The average Bonchev–Trinajstić information content (AvgIpc) is 2.07. The topological polar surface area (TPSA) is 50.4 Å². The lowest BCUT2D eigenvalue weighted by atomic mass is 10.2. The van der Waals surface area contributed by atoms with Gasteiger partial charge >= 0.3 is 6.41 Å². The van der Waals surface area contributed by atoms with E-state index in [2.05, 4.69) is 10.6 Å². The average molecular weight is 157 g/mol. The smallest absolute Gasteiger partial charge is 0.309 e. The molecule has 1 amide bonds. The van der Waals surface area contributed by atoms with Crippen LogP contribution < -0.4 is 10.6 Å². The lowest BCUT2D eigenvalue weighted by molar-refractivity contribution is 0.0245. The quantitative estimate of drug-likeness (QED) is 0.407. The summed E-state index contributed by atoms with van der Waals surface area (Å²) in [6.07, 6.45) is 2.75. The van der Waals surface area contributed by atoms with Crippen LogP contribution in [0, 0.1) is 0 Å². The van der Waals surface area contributed by atoms with E-state index in [0.717, 1.165) is 26.1 Å². The molecule has 1 rings (SSSR count). The summed E-state index contributed by atoms with van der Waals surface area (Å²) in [6.45, 7) is 3.25. The highest BCUT2D eigenvalue weighted by Gasteiger charge is 2.11. The first kappa shape index (κ1) is 8.49. The molecule has 1 aliphatic heterocycles. The van der Waals surface area contributed by atoms with Gasteiger partial charge in [-0.3, -0.25) is 4.79 Å². The van der Waals surface area contributed by atoms with Crippen molar-refractivity contribution in [3.63, 3.8) is 0 Å². The summed E-state index contributed by atoms with van der Waals surface area (Å²) >= 11 is 0. The minimum Gasteiger partial charge on any atom is -0.376 e. The molecule has 1 saturated heterocycles. The molecule has 11 heavy (non-hydrogen) atoms. The highest BCUT2D eigenvalue weighted by atomic mass is 16.5. The van der Waals surface area contributed by atoms with Gasteiger partial charge in [-0.2, -0.15) is 0 Å². The monoisotopic (exact) mass is 157 g/mol. The van der Waals surface area contributed by atoms with E-state index in [4.69, 9.17) is 4.74 Å². The number of hydrogen-bond donors (Lipinski definition) is 2. The Balaban J connectivity index is 2.00. The van der Waals surface area contributed by atoms with Crippen LogP contribution in [0.1, 0.15) is 6.42 Å². The van der Waals surface area contributed by atoms with Crippen LogP contribution in [0.15, 0.2) is 0 Å². The fourth-order valence-corrected chi connectivity index (χ4v) is 1.09. The highest BCUT2D eigenvalue weighted by molar-refractivity contribution is 5.46. The molecule has 4 heteroatoms. The SMILES string of the molecule is O=[C]NCCC1CNCCO1. The van der Waals surface area contributed by atoms with Crippen LogP contribution in [0.25, 0.3) is 0 Å². The van der Waals surface area contributed by atoms with E-state index in [9.17, 15) is 4.79 Å². The van der Waals surface area contributed by atoms with Crippen molar-refractivity contribution in [1.29, 1.82) is 0 Å². The molecule has 0 bridgehead atoms. The Bertz CT molecular complexity index is 113. The van der Waals surface area contributed by atoms with Crippen LogP contribution in [-0.2, 0) is 9.53 Å². The third-order valence-corrected chi connectivity index (χ3v) is 1.67. The molecule has 1 heterocycles. The van der Waals surface area contributed by atoms with Crippen molar-refractivity contribution < 1.29 is 9.53 Å². The Labute approximate surface area is 66.3 Å². The van der Waals surface area contributed by atoms with E-state index in [1.807, 2.05) is 0 Å². The Morgan fingerprint density at radius 2 is 2.64 bits per heavy atom. The van der Waals surface area contributed by atoms with Gasteiger partial charge in [0.25, 0.3) is 0 Å². The van der Waals surface area contributed by atoms with Gasteiger partial charge in [-0.15, -0.1) is 0 Å². The van der Waals surface area contributed by atoms with Gasteiger partial charge in [-0.05, 0) is 6.42 Å². The molecule has 1 radical (unpaired) electrons. The van der Waals surface area contributed by atoms with Crippen molar-refractivity contribution in [2.45, 2.75) is 12.5 Å². The Kier molecular flexibility index (Phi) is 3.93. The molecule has 4 nitrogen and oxygen atoms in total. The van der Waals surface area contributed by atoms with Crippen LogP contribution in [0.2, 0.25) is 0 Å². The Hall–Kier alpha value is -0.610. The molecule has 0 saturated carbocycles. The maximum Gasteiger partial charge on any atom is 0.309 e. The fraction of sp³-hybridized carbons (Fsp3) is 0.857. The maximum atomic E-state index is 9.75. The first-order valence-corrected chi connectivity index (χ1v) is 3.86. The van der Waals surface area contributed by atoms with Gasteiger partial charge in [-0.25, -0.2) is 0 Å². The maximum absolute atomic E-state index is 9.75. The van der Waals surface area contributed by atoms with E-state index in [1.54, 1.807) is 6.41 Å². The van der Waals surface area contributed by atoms with Gasteiger partial charge in [-0.1, -0.05) is 0 Å². The standard InChI is InChI=1S/C7H13N2O2/c10-6-9-2-1-7-5-8-3-4-11-7/h7-8H,1-5H2,(H,9,10). The number of nitrogens with one attached hydrogen (secondary N) is 2. The molecule has 1 aliphatic rings. The summed E-state index contributed by atoms with van der Waals surface area (Å²) in [7, 11) is 0. The molecule has 0 aromatic rings. The van der Waals surface area contributed by atoms with Gasteiger partial charge < -0.3 is 15.4 Å². The molecule has 1 fully saturated rings. The second kappa shape index (κ2) is 5.09. The first-order chi connectivity index (χ1) is 5.43. The van der Waals surface area contributed by atoms with Crippen molar-refractivity contribution in [3.8, 4) is 0 Å². The van der Waals surface area contributed by atoms with Crippen molar-refractivity contribution in [1.82, 2.24) is 10.6 Å². The van der Waals surface area contributed by atoms with Gasteiger partial charge in [0.15, 0.2) is 0 Å². The van der Waals surface area contributed by atoms with E-state index < -0.39 is 0 Å². The molecule has 63 valence electrons. The zero-order chi connectivity index (χ0) is 7.94. The number of carbonyl (C=O) groups excluding carboxylic acids is 1. The third-order valence-electron chi connectivity index (χ3n) is 1.67. The summed E-state index contributed by atoms with van der Waals surface area (Å²) in [6, 6.07) is 0. The minimum atomic E-state index is 0.254. The summed E-state index contributed by atoms with van der Waals surface area (Å²) in [5.74, 6) is 0. The van der Waals surface area contributed by atoms with Crippen LogP contribution >= 0.6 is 0 Å². The predicted octanol–water partition coefficient (Wildman–Crippen LogP) is -0.978. The number of amides is 1. The van der Waals surface area contributed by atoms with Crippen molar-refractivity contribution in [2.24, 2.45) is 0 Å². The summed E-state index contributed by atoms with van der Waals surface area (Å²) in [5.41, 5.74) is 0. The van der Waals surface area contributed by atoms with Crippen LogP contribution in [-0.4, -0.2) is 38.8 Å². The van der Waals surface area contributed by atoms with E-state index >= 15 is 0 Å². The van der Waals surface area contributed by atoms with E-state index in [1.165, 1.54) is 0 Å². The van der Waals surface area contributed by atoms with Crippen LogP contribution in [0.4, 0.5) is 0 Å². The number of hydrogen-bond acceptors (Lipinski definition) is 3.